The Morgan fingerprint density at radius 1 is 1.00 bits per heavy atom. The van der Waals surface area contributed by atoms with Crippen LogP contribution in [0.5, 0.6) is 0 Å². The Bertz CT molecular complexity index is 975. The molecule has 21 heavy (non-hydrogen) atoms. The molecule has 0 aliphatic rings. The third-order valence-electron chi connectivity index (χ3n) is 3.57. The van der Waals surface area contributed by atoms with Crippen LogP contribution in [0.3, 0.4) is 0 Å². The highest BCUT2D eigenvalue weighted by molar-refractivity contribution is 9.11. The summed E-state index contributed by atoms with van der Waals surface area (Å²) in [5.41, 5.74) is 4.36. The van der Waals surface area contributed by atoms with Gasteiger partial charge in [-0.2, -0.15) is 0 Å². The van der Waals surface area contributed by atoms with Crippen molar-refractivity contribution in [3.8, 4) is 10.4 Å². The molecule has 0 aliphatic heterocycles. The Balaban J connectivity index is 1.99. The lowest BCUT2D eigenvalue weighted by atomic mass is 10.1. The van der Waals surface area contributed by atoms with E-state index in [9.17, 15) is 0 Å². The van der Waals surface area contributed by atoms with Gasteiger partial charge < -0.3 is 0 Å². The lowest BCUT2D eigenvalue weighted by molar-refractivity contribution is 1.37. The summed E-state index contributed by atoms with van der Waals surface area (Å²) >= 11 is 5.29. The maximum Gasteiger partial charge on any atom is 0.0965 e. The SMILES string of the molecule is Cc1cc(Br)sc1-c1cnc2c(ccc3cccnc32)c1. The van der Waals surface area contributed by atoms with Gasteiger partial charge in [-0.1, -0.05) is 18.2 Å². The predicted molar refractivity (Wildman–Crippen MR) is 92.8 cm³/mol. The van der Waals surface area contributed by atoms with Gasteiger partial charge in [0.1, 0.15) is 0 Å². The summed E-state index contributed by atoms with van der Waals surface area (Å²) in [7, 11) is 0. The third-order valence-corrected chi connectivity index (χ3v) is 5.36. The van der Waals surface area contributed by atoms with Gasteiger partial charge in [-0.15, -0.1) is 11.3 Å². The Kier molecular flexibility index (Phi) is 3.01. The van der Waals surface area contributed by atoms with Gasteiger partial charge in [-0.25, -0.2) is 0 Å². The lowest BCUT2D eigenvalue weighted by Crippen LogP contribution is -1.86. The van der Waals surface area contributed by atoms with Crippen molar-refractivity contribution in [1.29, 1.82) is 0 Å². The minimum Gasteiger partial charge on any atom is -0.254 e. The van der Waals surface area contributed by atoms with E-state index in [4.69, 9.17) is 0 Å². The van der Waals surface area contributed by atoms with Crippen LogP contribution in [0.2, 0.25) is 0 Å². The van der Waals surface area contributed by atoms with E-state index in [1.54, 1.807) is 11.3 Å². The Morgan fingerprint density at radius 2 is 1.81 bits per heavy atom. The van der Waals surface area contributed by atoms with Crippen molar-refractivity contribution >= 4 is 49.1 Å². The van der Waals surface area contributed by atoms with Gasteiger partial charge in [0, 0.05) is 33.6 Å². The number of fused-ring (bicyclic) bond motifs is 3. The third kappa shape index (κ3) is 2.15. The maximum absolute atomic E-state index is 4.66. The average Bonchev–Trinajstić information content (AvgIpc) is 2.85. The van der Waals surface area contributed by atoms with E-state index in [-0.39, 0.29) is 0 Å². The fraction of sp³-hybridized carbons (Fsp3) is 0.0588. The zero-order valence-electron chi connectivity index (χ0n) is 11.3. The smallest absolute Gasteiger partial charge is 0.0965 e. The first-order valence-corrected chi connectivity index (χ1v) is 8.23. The van der Waals surface area contributed by atoms with Crippen LogP contribution in [0, 0.1) is 6.92 Å². The highest BCUT2D eigenvalue weighted by Gasteiger charge is 2.09. The van der Waals surface area contributed by atoms with E-state index >= 15 is 0 Å². The second kappa shape index (κ2) is 4.90. The quantitative estimate of drug-likeness (QED) is 0.417. The Labute approximate surface area is 134 Å². The van der Waals surface area contributed by atoms with Crippen molar-refractivity contribution in [3.63, 3.8) is 0 Å². The summed E-state index contributed by atoms with van der Waals surface area (Å²) in [6.07, 6.45) is 3.76. The van der Waals surface area contributed by atoms with Crippen LogP contribution in [-0.4, -0.2) is 9.97 Å². The number of halogens is 1. The standard InChI is InChI=1S/C17H11BrN2S/c1-10-7-14(18)21-17(10)13-8-12-5-4-11-3-2-6-19-15(11)16(12)20-9-13/h2-9H,1H3. The maximum atomic E-state index is 4.66. The van der Waals surface area contributed by atoms with Crippen LogP contribution in [0.15, 0.2) is 52.6 Å². The fourth-order valence-corrected chi connectivity index (χ4v) is 4.30. The number of aromatic nitrogens is 2. The average molecular weight is 355 g/mol. The highest BCUT2D eigenvalue weighted by atomic mass is 79.9. The van der Waals surface area contributed by atoms with Crippen LogP contribution < -0.4 is 0 Å². The number of hydrogen-bond donors (Lipinski definition) is 0. The molecule has 0 bridgehead atoms. The first-order chi connectivity index (χ1) is 10.2. The molecule has 0 saturated carbocycles. The second-order valence-corrected chi connectivity index (χ2v) is 7.43. The molecular formula is C17H11BrN2S. The summed E-state index contributed by atoms with van der Waals surface area (Å²) in [5, 5.41) is 2.25. The molecule has 0 aliphatic carbocycles. The molecule has 0 spiro atoms. The van der Waals surface area contributed by atoms with Crippen molar-refractivity contribution in [3.05, 3.63) is 58.1 Å². The summed E-state index contributed by atoms with van der Waals surface area (Å²) in [6.45, 7) is 2.13. The molecule has 0 fully saturated rings. The molecule has 4 heteroatoms. The van der Waals surface area contributed by atoms with Gasteiger partial charge in [-0.05, 0) is 46.6 Å². The molecule has 2 nitrogen and oxygen atoms in total. The molecule has 3 heterocycles. The molecule has 0 N–H and O–H groups in total. The molecule has 3 aromatic heterocycles. The fourth-order valence-electron chi connectivity index (χ4n) is 2.59. The second-order valence-electron chi connectivity index (χ2n) is 5.00. The van der Waals surface area contributed by atoms with E-state index in [2.05, 4.69) is 63.2 Å². The van der Waals surface area contributed by atoms with Crippen molar-refractivity contribution in [2.24, 2.45) is 0 Å². The van der Waals surface area contributed by atoms with E-state index in [0.29, 0.717) is 0 Å². The summed E-state index contributed by atoms with van der Waals surface area (Å²) in [6, 6.07) is 12.6. The minimum atomic E-state index is 0.963. The molecule has 0 radical (unpaired) electrons. The number of rotatable bonds is 1. The van der Waals surface area contributed by atoms with Gasteiger partial charge in [0.05, 0.1) is 14.8 Å². The van der Waals surface area contributed by atoms with Crippen LogP contribution in [0.4, 0.5) is 0 Å². The molecule has 0 unspecified atom stereocenters. The largest absolute Gasteiger partial charge is 0.254 e. The van der Waals surface area contributed by atoms with Crippen LogP contribution in [-0.2, 0) is 0 Å². The van der Waals surface area contributed by atoms with Gasteiger partial charge in [-0.3, -0.25) is 9.97 Å². The van der Waals surface area contributed by atoms with Crippen molar-refractivity contribution in [2.75, 3.05) is 0 Å². The molecule has 4 rings (SSSR count). The summed E-state index contributed by atoms with van der Waals surface area (Å²) < 4.78 is 1.15. The van der Waals surface area contributed by atoms with E-state index in [1.165, 1.54) is 10.4 Å². The zero-order chi connectivity index (χ0) is 14.4. The summed E-state index contributed by atoms with van der Waals surface area (Å²) in [5.74, 6) is 0. The first kappa shape index (κ1) is 12.9. The highest BCUT2D eigenvalue weighted by Crippen LogP contribution is 2.36. The Hall–Kier alpha value is -1.78. The van der Waals surface area contributed by atoms with Gasteiger partial charge in [0.2, 0.25) is 0 Å². The van der Waals surface area contributed by atoms with Crippen LogP contribution >= 0.6 is 27.3 Å². The van der Waals surface area contributed by atoms with Crippen molar-refractivity contribution in [1.82, 2.24) is 9.97 Å². The van der Waals surface area contributed by atoms with E-state index in [1.807, 2.05) is 18.5 Å². The molecule has 0 atom stereocenters. The van der Waals surface area contributed by atoms with Crippen molar-refractivity contribution in [2.45, 2.75) is 6.92 Å². The van der Waals surface area contributed by atoms with E-state index in [0.717, 1.165) is 31.2 Å². The number of pyridine rings is 2. The topological polar surface area (TPSA) is 25.8 Å². The number of hydrogen-bond acceptors (Lipinski definition) is 3. The number of benzene rings is 1. The van der Waals surface area contributed by atoms with Gasteiger partial charge in [0.25, 0.3) is 0 Å². The molecular weight excluding hydrogens is 344 g/mol. The monoisotopic (exact) mass is 354 g/mol. The van der Waals surface area contributed by atoms with Crippen LogP contribution in [0.25, 0.3) is 32.2 Å². The number of aryl methyl sites for hydroxylation is 1. The lowest BCUT2D eigenvalue weighted by Gasteiger charge is -2.05. The molecule has 1 aromatic carbocycles. The molecule has 0 saturated heterocycles. The van der Waals surface area contributed by atoms with E-state index < -0.39 is 0 Å². The minimum absolute atomic E-state index is 0.963. The van der Waals surface area contributed by atoms with Gasteiger partial charge >= 0.3 is 0 Å². The Morgan fingerprint density at radius 3 is 2.62 bits per heavy atom. The molecule has 4 aromatic rings. The van der Waals surface area contributed by atoms with Crippen molar-refractivity contribution < 1.29 is 0 Å². The predicted octanol–water partition coefficient (Wildman–Crippen LogP) is 5.58. The molecule has 0 amide bonds. The normalized spacial score (nSPS) is 11.3. The first-order valence-electron chi connectivity index (χ1n) is 6.62. The number of thiophene rings is 1. The number of nitrogens with zero attached hydrogens (tertiary/aromatic N) is 2. The van der Waals surface area contributed by atoms with Gasteiger partial charge in [0.15, 0.2) is 0 Å². The molecule has 102 valence electrons. The van der Waals surface area contributed by atoms with Crippen LogP contribution in [0.1, 0.15) is 5.56 Å². The zero-order valence-corrected chi connectivity index (χ0v) is 13.7. The summed E-state index contributed by atoms with van der Waals surface area (Å²) in [4.78, 5) is 10.4.